The van der Waals surface area contributed by atoms with Crippen molar-refractivity contribution in [1.29, 1.82) is 0 Å². The molecule has 2 heterocycles. The monoisotopic (exact) mass is 406 g/mol. The van der Waals surface area contributed by atoms with E-state index < -0.39 is 10.0 Å². The van der Waals surface area contributed by atoms with Gasteiger partial charge in [-0.25, -0.2) is 8.42 Å². The molecule has 0 aliphatic carbocycles. The molecule has 0 radical (unpaired) electrons. The molecule has 1 aliphatic heterocycles. The first-order valence-electron chi connectivity index (χ1n) is 6.25. The molecule has 0 fully saturated rings. The second kappa shape index (κ2) is 5.46. The van der Waals surface area contributed by atoms with Crippen LogP contribution in [-0.2, 0) is 16.4 Å². The van der Waals surface area contributed by atoms with Crippen LogP contribution in [0.25, 0.3) is 0 Å². The Bertz CT molecular complexity index is 785. The molecule has 0 spiro atoms. The number of halogens is 2. The summed E-state index contributed by atoms with van der Waals surface area (Å²) < 4.78 is 28.0. The third-order valence-corrected chi connectivity index (χ3v) is 8.09. The van der Waals surface area contributed by atoms with Crippen LogP contribution in [0.2, 0.25) is 5.02 Å². The first kappa shape index (κ1) is 15.1. The predicted octanol–water partition coefficient (Wildman–Crippen LogP) is 3.89. The first-order valence-corrected chi connectivity index (χ1v) is 9.68. The Hall–Kier alpha value is -0.760. The average molecular weight is 408 g/mol. The second-order valence-corrected chi connectivity index (χ2v) is 9.62. The van der Waals surface area contributed by atoms with Crippen molar-refractivity contribution in [3.8, 4) is 0 Å². The van der Waals surface area contributed by atoms with E-state index in [0.29, 0.717) is 26.7 Å². The van der Waals surface area contributed by atoms with E-state index in [1.54, 1.807) is 12.1 Å². The number of fused-ring (bicyclic) bond motifs is 1. The number of nitrogens with two attached hydrogens (primary N) is 1. The van der Waals surface area contributed by atoms with Gasteiger partial charge in [-0.1, -0.05) is 17.7 Å². The van der Waals surface area contributed by atoms with E-state index in [4.69, 9.17) is 17.3 Å². The van der Waals surface area contributed by atoms with Gasteiger partial charge in [0.25, 0.3) is 10.0 Å². The summed E-state index contributed by atoms with van der Waals surface area (Å²) in [4.78, 5) is 0. The number of benzene rings is 1. The number of sulfonamides is 1. The van der Waals surface area contributed by atoms with E-state index in [0.717, 1.165) is 29.7 Å². The van der Waals surface area contributed by atoms with Crippen LogP contribution >= 0.6 is 38.9 Å². The van der Waals surface area contributed by atoms with Crippen molar-refractivity contribution >= 4 is 60.3 Å². The van der Waals surface area contributed by atoms with Crippen LogP contribution in [0, 0.1) is 0 Å². The minimum Gasteiger partial charge on any atom is -0.399 e. The van der Waals surface area contributed by atoms with Crippen molar-refractivity contribution in [2.75, 3.05) is 16.6 Å². The van der Waals surface area contributed by atoms with E-state index >= 15 is 0 Å². The summed E-state index contributed by atoms with van der Waals surface area (Å²) in [6, 6.07) is 6.89. The van der Waals surface area contributed by atoms with Gasteiger partial charge >= 0.3 is 0 Å². The van der Waals surface area contributed by atoms with Crippen molar-refractivity contribution in [2.45, 2.75) is 17.1 Å². The van der Waals surface area contributed by atoms with Gasteiger partial charge in [0.1, 0.15) is 4.21 Å². The summed E-state index contributed by atoms with van der Waals surface area (Å²) in [6.45, 7) is 0.450. The number of anilines is 2. The molecule has 1 aromatic carbocycles. The molecule has 3 rings (SSSR count). The lowest BCUT2D eigenvalue weighted by Gasteiger charge is -2.30. The maximum absolute atomic E-state index is 12.8. The molecule has 0 saturated heterocycles. The van der Waals surface area contributed by atoms with Crippen LogP contribution in [0.1, 0.15) is 12.0 Å². The van der Waals surface area contributed by atoms with Crippen LogP contribution in [0.5, 0.6) is 0 Å². The zero-order chi connectivity index (χ0) is 15.2. The molecular formula is C13H12BrClN2O2S2. The highest BCUT2D eigenvalue weighted by Crippen LogP contribution is 2.39. The number of thiophene rings is 1. The van der Waals surface area contributed by atoms with Crippen LogP contribution in [0.3, 0.4) is 0 Å². The van der Waals surface area contributed by atoms with E-state index in [2.05, 4.69) is 15.9 Å². The fourth-order valence-electron chi connectivity index (χ4n) is 2.37. The van der Waals surface area contributed by atoms with Crippen molar-refractivity contribution in [2.24, 2.45) is 0 Å². The molecule has 8 heteroatoms. The average Bonchev–Trinajstić information content (AvgIpc) is 2.78. The van der Waals surface area contributed by atoms with Crippen LogP contribution in [-0.4, -0.2) is 15.0 Å². The molecule has 0 atom stereocenters. The zero-order valence-electron chi connectivity index (χ0n) is 10.8. The fraction of sp³-hybridized carbons (Fsp3) is 0.231. The summed E-state index contributed by atoms with van der Waals surface area (Å²) in [5, 5.41) is 0.406. The second-order valence-electron chi connectivity index (χ2n) is 4.76. The molecule has 2 aromatic rings. The standard InChI is InChI=1S/C13H12BrClN2O2S2/c14-13-10(15)7-12(20-13)21(18,19)17-5-1-2-8-3-4-9(16)6-11(8)17/h3-4,6-7H,1-2,5,16H2. The Balaban J connectivity index is 2.11. The van der Waals surface area contributed by atoms with E-state index in [-0.39, 0.29) is 4.21 Å². The molecular weight excluding hydrogens is 396 g/mol. The van der Waals surface area contributed by atoms with Gasteiger partial charge in [0.05, 0.1) is 14.5 Å². The Labute approximate surface area is 140 Å². The quantitative estimate of drug-likeness (QED) is 0.768. The van der Waals surface area contributed by atoms with Crippen LogP contribution in [0.4, 0.5) is 11.4 Å². The Kier molecular flexibility index (Phi) is 3.94. The summed E-state index contributed by atoms with van der Waals surface area (Å²) >= 11 is 10.3. The fourth-order valence-corrected chi connectivity index (χ4v) is 6.42. The lowest BCUT2D eigenvalue weighted by atomic mass is 10.0. The number of aryl methyl sites for hydroxylation is 1. The van der Waals surface area contributed by atoms with Crippen molar-refractivity contribution in [1.82, 2.24) is 0 Å². The van der Waals surface area contributed by atoms with Crippen LogP contribution in [0.15, 0.2) is 32.3 Å². The van der Waals surface area contributed by atoms with Crippen molar-refractivity contribution in [3.05, 3.63) is 38.6 Å². The molecule has 21 heavy (non-hydrogen) atoms. The van der Waals surface area contributed by atoms with Gasteiger partial charge in [-0.2, -0.15) is 0 Å². The molecule has 0 bridgehead atoms. The summed E-state index contributed by atoms with van der Waals surface area (Å²) in [5.74, 6) is 0. The van der Waals surface area contributed by atoms with Gasteiger partial charge in [-0.05, 0) is 52.5 Å². The lowest BCUT2D eigenvalue weighted by Crippen LogP contribution is -2.35. The highest BCUT2D eigenvalue weighted by molar-refractivity contribution is 9.11. The van der Waals surface area contributed by atoms with Crippen molar-refractivity contribution < 1.29 is 8.42 Å². The Morgan fingerprint density at radius 2 is 2.10 bits per heavy atom. The number of hydrogen-bond donors (Lipinski definition) is 1. The van der Waals surface area contributed by atoms with Crippen LogP contribution < -0.4 is 10.0 Å². The molecule has 0 unspecified atom stereocenters. The number of hydrogen-bond acceptors (Lipinski definition) is 4. The topological polar surface area (TPSA) is 63.4 Å². The van der Waals surface area contributed by atoms with Crippen molar-refractivity contribution in [3.63, 3.8) is 0 Å². The van der Waals surface area contributed by atoms with Gasteiger partial charge < -0.3 is 5.73 Å². The molecule has 0 saturated carbocycles. The zero-order valence-corrected chi connectivity index (χ0v) is 14.8. The molecule has 0 amide bonds. The summed E-state index contributed by atoms with van der Waals surface area (Å²) in [7, 11) is -3.61. The first-order chi connectivity index (χ1) is 9.89. The van der Waals surface area contributed by atoms with Gasteiger partial charge in [0.2, 0.25) is 0 Å². The minimum absolute atomic E-state index is 0.231. The van der Waals surface area contributed by atoms with Gasteiger partial charge in [-0.15, -0.1) is 11.3 Å². The smallest absolute Gasteiger partial charge is 0.273 e. The third kappa shape index (κ3) is 2.67. The SMILES string of the molecule is Nc1ccc2c(c1)N(S(=O)(=O)c1cc(Cl)c(Br)s1)CCC2. The molecule has 112 valence electrons. The number of nitrogen functional groups attached to an aromatic ring is 1. The lowest BCUT2D eigenvalue weighted by molar-refractivity contribution is 0.588. The maximum Gasteiger partial charge on any atom is 0.273 e. The summed E-state index contributed by atoms with van der Waals surface area (Å²) in [6.07, 6.45) is 1.65. The van der Waals surface area contributed by atoms with E-state index in [9.17, 15) is 8.42 Å². The highest BCUT2D eigenvalue weighted by atomic mass is 79.9. The van der Waals surface area contributed by atoms with E-state index in [1.165, 1.54) is 10.4 Å². The third-order valence-electron chi connectivity index (χ3n) is 3.35. The molecule has 4 nitrogen and oxygen atoms in total. The van der Waals surface area contributed by atoms with Gasteiger partial charge in [0.15, 0.2) is 0 Å². The number of rotatable bonds is 2. The maximum atomic E-state index is 12.8. The van der Waals surface area contributed by atoms with E-state index in [1.807, 2.05) is 6.07 Å². The Morgan fingerprint density at radius 1 is 1.33 bits per heavy atom. The van der Waals surface area contributed by atoms with Gasteiger partial charge in [-0.3, -0.25) is 4.31 Å². The summed E-state index contributed by atoms with van der Waals surface area (Å²) in [5.41, 5.74) is 8.03. The largest absolute Gasteiger partial charge is 0.399 e. The number of nitrogens with zero attached hydrogens (tertiary/aromatic N) is 1. The normalized spacial score (nSPS) is 15.0. The molecule has 2 N–H and O–H groups in total. The highest BCUT2D eigenvalue weighted by Gasteiger charge is 2.31. The predicted molar refractivity (Wildman–Crippen MR) is 90.7 cm³/mol. The molecule has 1 aliphatic rings. The Morgan fingerprint density at radius 3 is 2.76 bits per heavy atom. The minimum atomic E-state index is -3.61. The molecule has 1 aromatic heterocycles. The van der Waals surface area contributed by atoms with Gasteiger partial charge in [0, 0.05) is 12.2 Å².